The van der Waals surface area contributed by atoms with Gasteiger partial charge >= 0.3 is 5.76 Å². The maximum atomic E-state index is 11.1. The van der Waals surface area contributed by atoms with Gasteiger partial charge in [-0.3, -0.25) is 9.67 Å². The predicted octanol–water partition coefficient (Wildman–Crippen LogP) is 1.83. The fourth-order valence-corrected chi connectivity index (χ4v) is 1.99. The molecule has 2 heterocycles. The standard InChI is InChI=1S/C12H11N3O2/c1-7-5-10(15(2)14-7)8-3-4-9-11(6-8)17-12(16)13-9/h3-6H,1-2H3,(H,13,16). The monoisotopic (exact) mass is 229 g/mol. The van der Waals surface area contributed by atoms with Crippen LogP contribution in [0.2, 0.25) is 0 Å². The summed E-state index contributed by atoms with van der Waals surface area (Å²) >= 11 is 0. The SMILES string of the molecule is Cc1cc(-c2ccc3[nH]c(=O)oc3c2)n(C)n1. The molecule has 3 aromatic rings. The van der Waals surface area contributed by atoms with E-state index in [0.29, 0.717) is 11.1 Å². The molecule has 0 bridgehead atoms. The minimum absolute atomic E-state index is 0.432. The van der Waals surface area contributed by atoms with Crippen molar-refractivity contribution >= 4 is 11.1 Å². The molecule has 1 N–H and O–H groups in total. The topological polar surface area (TPSA) is 63.8 Å². The lowest BCUT2D eigenvalue weighted by Crippen LogP contribution is -1.93. The van der Waals surface area contributed by atoms with Gasteiger partial charge in [0.15, 0.2) is 5.58 Å². The average molecular weight is 229 g/mol. The number of aryl methyl sites for hydroxylation is 2. The average Bonchev–Trinajstić information content (AvgIpc) is 2.78. The molecule has 3 rings (SSSR count). The predicted molar refractivity (Wildman–Crippen MR) is 63.8 cm³/mol. The summed E-state index contributed by atoms with van der Waals surface area (Å²) in [6.45, 7) is 1.94. The van der Waals surface area contributed by atoms with E-state index in [2.05, 4.69) is 10.1 Å². The second kappa shape index (κ2) is 3.35. The van der Waals surface area contributed by atoms with E-state index >= 15 is 0 Å². The Hall–Kier alpha value is -2.30. The summed E-state index contributed by atoms with van der Waals surface area (Å²) in [7, 11) is 1.89. The second-order valence-corrected chi connectivity index (χ2v) is 4.02. The third kappa shape index (κ3) is 1.56. The van der Waals surface area contributed by atoms with Crippen LogP contribution in [0.4, 0.5) is 0 Å². The van der Waals surface area contributed by atoms with Gasteiger partial charge in [-0.15, -0.1) is 0 Å². The molecule has 0 amide bonds. The number of nitrogens with one attached hydrogen (secondary N) is 1. The van der Waals surface area contributed by atoms with Crippen LogP contribution in [0.15, 0.2) is 33.5 Å². The van der Waals surface area contributed by atoms with Crippen LogP contribution >= 0.6 is 0 Å². The van der Waals surface area contributed by atoms with Gasteiger partial charge < -0.3 is 4.42 Å². The van der Waals surface area contributed by atoms with Crippen LogP contribution in [-0.4, -0.2) is 14.8 Å². The minimum Gasteiger partial charge on any atom is -0.408 e. The van der Waals surface area contributed by atoms with Gasteiger partial charge in [-0.2, -0.15) is 5.10 Å². The Morgan fingerprint density at radius 2 is 2.18 bits per heavy atom. The van der Waals surface area contributed by atoms with Crippen molar-refractivity contribution in [3.05, 3.63) is 40.5 Å². The number of hydrogen-bond donors (Lipinski definition) is 1. The van der Waals surface area contributed by atoms with Crippen LogP contribution < -0.4 is 5.76 Å². The molecule has 5 heteroatoms. The summed E-state index contributed by atoms with van der Waals surface area (Å²) in [5.41, 5.74) is 4.19. The molecule has 0 aliphatic carbocycles. The van der Waals surface area contributed by atoms with Crippen LogP contribution in [0.5, 0.6) is 0 Å². The van der Waals surface area contributed by atoms with Crippen molar-refractivity contribution in [1.82, 2.24) is 14.8 Å². The molecule has 0 spiro atoms. The molecule has 0 saturated carbocycles. The van der Waals surface area contributed by atoms with Crippen molar-refractivity contribution in [1.29, 1.82) is 0 Å². The molecular weight excluding hydrogens is 218 g/mol. The molecule has 0 unspecified atom stereocenters. The minimum atomic E-state index is -0.432. The Balaban J connectivity index is 2.23. The summed E-state index contributed by atoms with van der Waals surface area (Å²) in [4.78, 5) is 13.7. The first-order valence-corrected chi connectivity index (χ1v) is 5.27. The Kier molecular flexibility index (Phi) is 1.95. The lowest BCUT2D eigenvalue weighted by Gasteiger charge is -2.00. The van der Waals surface area contributed by atoms with Gasteiger partial charge in [0.2, 0.25) is 0 Å². The lowest BCUT2D eigenvalue weighted by molar-refractivity contribution is 0.555. The molecule has 0 fully saturated rings. The molecule has 1 aromatic carbocycles. The van der Waals surface area contributed by atoms with E-state index in [1.807, 2.05) is 38.2 Å². The Morgan fingerprint density at radius 1 is 1.35 bits per heavy atom. The molecule has 0 radical (unpaired) electrons. The lowest BCUT2D eigenvalue weighted by atomic mass is 10.1. The van der Waals surface area contributed by atoms with Gasteiger partial charge in [0, 0.05) is 12.6 Å². The van der Waals surface area contributed by atoms with E-state index in [-0.39, 0.29) is 0 Å². The smallest absolute Gasteiger partial charge is 0.408 e. The van der Waals surface area contributed by atoms with E-state index in [1.165, 1.54) is 0 Å². The molecule has 0 atom stereocenters. The maximum absolute atomic E-state index is 11.1. The third-order valence-corrected chi connectivity index (χ3v) is 2.72. The van der Waals surface area contributed by atoms with Crippen LogP contribution in [-0.2, 0) is 7.05 Å². The summed E-state index contributed by atoms with van der Waals surface area (Å²) in [6, 6.07) is 7.60. The van der Waals surface area contributed by atoms with Crippen LogP contribution in [0.25, 0.3) is 22.4 Å². The van der Waals surface area contributed by atoms with Crippen LogP contribution in [0, 0.1) is 6.92 Å². The molecule has 0 saturated heterocycles. The summed E-state index contributed by atoms with van der Waals surface area (Å²) in [5.74, 6) is -0.432. The third-order valence-electron chi connectivity index (χ3n) is 2.72. The molecule has 0 aliphatic rings. The van der Waals surface area contributed by atoms with E-state index in [1.54, 1.807) is 4.68 Å². The van der Waals surface area contributed by atoms with Gasteiger partial charge in [0.1, 0.15) is 0 Å². The van der Waals surface area contributed by atoms with E-state index in [0.717, 1.165) is 17.0 Å². The fourth-order valence-electron chi connectivity index (χ4n) is 1.99. The van der Waals surface area contributed by atoms with Crippen molar-refractivity contribution in [2.24, 2.45) is 7.05 Å². The van der Waals surface area contributed by atoms with Crippen molar-refractivity contribution in [2.75, 3.05) is 0 Å². The first kappa shape index (κ1) is 9.89. The van der Waals surface area contributed by atoms with E-state index in [4.69, 9.17) is 4.42 Å². The summed E-state index contributed by atoms with van der Waals surface area (Å²) in [5, 5.41) is 4.29. The van der Waals surface area contributed by atoms with Crippen LogP contribution in [0.3, 0.4) is 0 Å². The number of hydrogen-bond acceptors (Lipinski definition) is 3. The quantitative estimate of drug-likeness (QED) is 0.692. The number of H-pyrrole nitrogens is 1. The van der Waals surface area contributed by atoms with Gasteiger partial charge in [0.25, 0.3) is 0 Å². The molecule has 0 aliphatic heterocycles. The normalized spacial score (nSPS) is 11.2. The first-order chi connectivity index (χ1) is 8.13. The largest absolute Gasteiger partial charge is 0.417 e. The summed E-state index contributed by atoms with van der Waals surface area (Å²) in [6.07, 6.45) is 0. The Morgan fingerprint density at radius 3 is 2.88 bits per heavy atom. The zero-order valence-electron chi connectivity index (χ0n) is 9.52. The highest BCUT2D eigenvalue weighted by Gasteiger charge is 2.08. The zero-order chi connectivity index (χ0) is 12.0. The Bertz CT molecular complexity index is 749. The van der Waals surface area contributed by atoms with Crippen molar-refractivity contribution < 1.29 is 4.42 Å². The molecular formula is C12H11N3O2. The second-order valence-electron chi connectivity index (χ2n) is 4.02. The molecule has 17 heavy (non-hydrogen) atoms. The maximum Gasteiger partial charge on any atom is 0.417 e. The van der Waals surface area contributed by atoms with Crippen molar-refractivity contribution in [3.63, 3.8) is 0 Å². The highest BCUT2D eigenvalue weighted by atomic mass is 16.4. The fraction of sp³-hybridized carbons (Fsp3) is 0.167. The number of nitrogens with zero attached hydrogens (tertiary/aromatic N) is 2. The highest BCUT2D eigenvalue weighted by Crippen LogP contribution is 2.23. The molecule has 5 nitrogen and oxygen atoms in total. The number of aromatic amines is 1. The highest BCUT2D eigenvalue weighted by molar-refractivity contribution is 5.79. The van der Waals surface area contributed by atoms with Crippen molar-refractivity contribution in [3.8, 4) is 11.3 Å². The van der Waals surface area contributed by atoms with Crippen molar-refractivity contribution in [2.45, 2.75) is 6.92 Å². The van der Waals surface area contributed by atoms with E-state index < -0.39 is 5.76 Å². The van der Waals surface area contributed by atoms with E-state index in [9.17, 15) is 4.79 Å². The number of oxazole rings is 1. The van der Waals surface area contributed by atoms with Gasteiger partial charge in [-0.25, -0.2) is 4.79 Å². The zero-order valence-corrected chi connectivity index (χ0v) is 9.52. The Labute approximate surface area is 96.7 Å². The van der Waals surface area contributed by atoms with Crippen LogP contribution in [0.1, 0.15) is 5.69 Å². The number of fused-ring (bicyclic) bond motifs is 1. The number of rotatable bonds is 1. The first-order valence-electron chi connectivity index (χ1n) is 5.27. The van der Waals surface area contributed by atoms with Gasteiger partial charge in [0.05, 0.1) is 16.9 Å². The van der Waals surface area contributed by atoms with Gasteiger partial charge in [-0.05, 0) is 25.1 Å². The van der Waals surface area contributed by atoms with Gasteiger partial charge in [-0.1, -0.05) is 6.07 Å². The number of aromatic nitrogens is 3. The summed E-state index contributed by atoms with van der Waals surface area (Å²) < 4.78 is 6.84. The molecule has 2 aromatic heterocycles. The molecule has 86 valence electrons. The number of benzene rings is 1.